The van der Waals surface area contributed by atoms with Crippen LogP contribution in [0.5, 0.6) is 0 Å². The van der Waals surface area contributed by atoms with Crippen LogP contribution >= 0.6 is 0 Å². The van der Waals surface area contributed by atoms with E-state index in [0.717, 1.165) is 23.0 Å². The molecule has 1 aliphatic rings. The highest BCUT2D eigenvalue weighted by atomic mass is 19.1. The lowest BCUT2D eigenvalue weighted by Crippen LogP contribution is -2.33. The van der Waals surface area contributed by atoms with Crippen LogP contribution in [0.2, 0.25) is 0 Å². The zero-order valence-corrected chi connectivity index (χ0v) is 20.9. The van der Waals surface area contributed by atoms with Gasteiger partial charge in [0.2, 0.25) is 5.91 Å². The number of aryl methyl sites for hydroxylation is 2. The third kappa shape index (κ3) is 5.36. The van der Waals surface area contributed by atoms with Crippen molar-refractivity contribution < 1.29 is 14.3 Å². The standard InChI is InChI=1S/C26H29FN8O2/c1-15-8-21(31-22(9-15)32-23-10-16(2)33-34-23)26(37)7-6-18(11-26)25(36)30-17(3)19-4-5-24(28-12-19)35-14-20(27)13-29-35/h4-5,8-10,12-14,17-18,37H,6-7,11H2,1-3H3,(H,30,36)(H2,31,32,33,34)/t17-,18-,26-/m0/s1. The number of aromatic amines is 1. The van der Waals surface area contributed by atoms with Gasteiger partial charge in [0.05, 0.1) is 24.1 Å². The van der Waals surface area contributed by atoms with E-state index in [1.807, 2.05) is 45.0 Å². The molecule has 0 radical (unpaired) electrons. The van der Waals surface area contributed by atoms with Gasteiger partial charge in [0, 0.05) is 23.9 Å². The summed E-state index contributed by atoms with van der Waals surface area (Å²) in [4.78, 5) is 22.0. The molecule has 1 aliphatic carbocycles. The van der Waals surface area contributed by atoms with E-state index in [-0.39, 0.29) is 24.3 Å². The Labute approximate surface area is 213 Å². The smallest absolute Gasteiger partial charge is 0.223 e. The summed E-state index contributed by atoms with van der Waals surface area (Å²) >= 11 is 0. The van der Waals surface area contributed by atoms with Gasteiger partial charge in [0.15, 0.2) is 17.5 Å². The van der Waals surface area contributed by atoms with Gasteiger partial charge in [0.25, 0.3) is 0 Å². The minimum Gasteiger partial charge on any atom is -0.384 e. The predicted octanol–water partition coefficient (Wildman–Crippen LogP) is 3.75. The molecule has 0 aromatic carbocycles. The summed E-state index contributed by atoms with van der Waals surface area (Å²) in [6.45, 7) is 5.73. The number of rotatable bonds is 7. The molecule has 10 nitrogen and oxygen atoms in total. The highest BCUT2D eigenvalue weighted by Gasteiger charge is 2.43. The molecule has 1 saturated carbocycles. The molecular formula is C26H29FN8O2. The van der Waals surface area contributed by atoms with Crippen LogP contribution in [0, 0.1) is 25.6 Å². The van der Waals surface area contributed by atoms with Crippen LogP contribution < -0.4 is 10.6 Å². The number of carbonyl (C=O) groups excluding carboxylic acids is 1. The van der Waals surface area contributed by atoms with Gasteiger partial charge in [-0.2, -0.15) is 10.2 Å². The maximum Gasteiger partial charge on any atom is 0.223 e. The molecule has 3 atom stereocenters. The Morgan fingerprint density at radius 2 is 2.08 bits per heavy atom. The summed E-state index contributed by atoms with van der Waals surface area (Å²) in [7, 11) is 0. The Balaban J connectivity index is 1.23. The first kappa shape index (κ1) is 24.6. The summed E-state index contributed by atoms with van der Waals surface area (Å²) in [6, 6.07) is 8.88. The lowest BCUT2D eigenvalue weighted by Gasteiger charge is -2.24. The van der Waals surface area contributed by atoms with Gasteiger partial charge in [-0.3, -0.25) is 9.89 Å². The molecule has 0 aliphatic heterocycles. The van der Waals surface area contributed by atoms with Gasteiger partial charge in [-0.25, -0.2) is 19.0 Å². The topological polar surface area (TPSA) is 134 Å². The van der Waals surface area contributed by atoms with Gasteiger partial charge >= 0.3 is 0 Å². The van der Waals surface area contributed by atoms with Crippen molar-refractivity contribution in [3.05, 3.63) is 77.3 Å². The number of anilines is 2. The normalized spacial score (nSPS) is 20.1. The molecule has 0 saturated heterocycles. The van der Waals surface area contributed by atoms with Gasteiger partial charge in [-0.05, 0) is 69.4 Å². The van der Waals surface area contributed by atoms with Gasteiger partial charge in [0.1, 0.15) is 11.4 Å². The van der Waals surface area contributed by atoms with Crippen LogP contribution in [0.4, 0.5) is 16.0 Å². The Bertz CT molecular complexity index is 1420. The van der Waals surface area contributed by atoms with Crippen LogP contribution in [-0.4, -0.2) is 41.0 Å². The van der Waals surface area contributed by atoms with Crippen molar-refractivity contribution in [1.82, 2.24) is 35.3 Å². The minimum atomic E-state index is -1.20. The fourth-order valence-electron chi connectivity index (χ4n) is 4.69. The molecule has 1 fully saturated rings. The zero-order valence-electron chi connectivity index (χ0n) is 20.9. The number of nitrogens with one attached hydrogen (secondary N) is 3. The second-order valence-electron chi connectivity index (χ2n) is 9.73. The molecule has 4 heterocycles. The fraction of sp³-hybridized carbons (Fsp3) is 0.346. The summed E-state index contributed by atoms with van der Waals surface area (Å²) in [5.41, 5.74) is 2.02. The molecular weight excluding hydrogens is 475 g/mol. The van der Waals surface area contributed by atoms with E-state index < -0.39 is 11.4 Å². The van der Waals surface area contributed by atoms with Crippen LogP contribution in [0.25, 0.3) is 5.82 Å². The lowest BCUT2D eigenvalue weighted by atomic mass is 9.94. The van der Waals surface area contributed by atoms with Crippen LogP contribution in [0.1, 0.15) is 54.7 Å². The maximum atomic E-state index is 13.2. The fourth-order valence-corrected chi connectivity index (χ4v) is 4.69. The van der Waals surface area contributed by atoms with Crippen LogP contribution in [0.15, 0.2) is 48.9 Å². The van der Waals surface area contributed by atoms with Crippen LogP contribution in [-0.2, 0) is 10.4 Å². The average Bonchev–Trinajstić information content (AvgIpc) is 3.59. The van der Waals surface area contributed by atoms with E-state index in [1.165, 1.54) is 10.9 Å². The third-order valence-electron chi connectivity index (χ3n) is 6.69. The maximum absolute atomic E-state index is 13.2. The van der Waals surface area contributed by atoms with Crippen molar-refractivity contribution in [1.29, 1.82) is 0 Å². The van der Waals surface area contributed by atoms with E-state index in [4.69, 9.17) is 0 Å². The van der Waals surface area contributed by atoms with E-state index in [1.54, 1.807) is 12.3 Å². The van der Waals surface area contributed by atoms with E-state index in [9.17, 15) is 14.3 Å². The number of nitrogens with zero attached hydrogens (tertiary/aromatic N) is 5. The van der Waals surface area contributed by atoms with Gasteiger partial charge < -0.3 is 15.7 Å². The third-order valence-corrected chi connectivity index (χ3v) is 6.69. The molecule has 0 bridgehead atoms. The number of hydrogen-bond donors (Lipinski definition) is 4. The zero-order chi connectivity index (χ0) is 26.2. The number of H-pyrrole nitrogens is 1. The Hall–Kier alpha value is -4.12. The molecule has 4 aromatic heterocycles. The number of aliphatic hydroxyl groups is 1. The second-order valence-corrected chi connectivity index (χ2v) is 9.73. The van der Waals surface area contributed by atoms with Crippen molar-refractivity contribution in [3.63, 3.8) is 0 Å². The molecule has 11 heteroatoms. The molecule has 4 N–H and O–H groups in total. The Morgan fingerprint density at radius 1 is 1.24 bits per heavy atom. The van der Waals surface area contributed by atoms with E-state index in [2.05, 4.69) is 35.9 Å². The molecule has 1 amide bonds. The minimum absolute atomic E-state index is 0.125. The molecule has 192 valence electrons. The second kappa shape index (κ2) is 9.74. The molecule has 5 rings (SSSR count). The molecule has 0 spiro atoms. The molecule has 37 heavy (non-hydrogen) atoms. The summed E-state index contributed by atoms with van der Waals surface area (Å²) in [5.74, 6) is 0.799. The van der Waals surface area contributed by atoms with Crippen molar-refractivity contribution in [2.24, 2.45) is 5.92 Å². The number of amides is 1. The SMILES string of the molecule is Cc1cc(Nc2cc(C)[nH]n2)nc([C@]2(O)CC[C@H](C(=O)N[C@@H](C)c3ccc(-n4cc(F)cn4)nc3)C2)c1. The quantitative estimate of drug-likeness (QED) is 0.301. The Kier molecular flexibility index (Phi) is 6.46. The van der Waals surface area contributed by atoms with E-state index >= 15 is 0 Å². The number of hydrogen-bond acceptors (Lipinski definition) is 7. The number of halogens is 1. The lowest BCUT2D eigenvalue weighted by molar-refractivity contribution is -0.126. The monoisotopic (exact) mass is 504 g/mol. The largest absolute Gasteiger partial charge is 0.384 e. The highest BCUT2D eigenvalue weighted by Crippen LogP contribution is 2.42. The first-order chi connectivity index (χ1) is 17.7. The van der Waals surface area contributed by atoms with Crippen LogP contribution in [0.3, 0.4) is 0 Å². The molecule has 0 unspecified atom stereocenters. The first-order valence-electron chi connectivity index (χ1n) is 12.2. The average molecular weight is 505 g/mol. The first-order valence-corrected chi connectivity index (χ1v) is 12.2. The Morgan fingerprint density at radius 3 is 2.76 bits per heavy atom. The number of aromatic nitrogens is 6. The van der Waals surface area contributed by atoms with E-state index in [0.29, 0.717) is 36.0 Å². The summed E-state index contributed by atoms with van der Waals surface area (Å²) < 4.78 is 14.6. The van der Waals surface area contributed by atoms with Crippen molar-refractivity contribution in [3.8, 4) is 5.82 Å². The number of carbonyl (C=O) groups is 1. The summed E-state index contributed by atoms with van der Waals surface area (Å²) in [6.07, 6.45) is 5.27. The predicted molar refractivity (Wildman–Crippen MR) is 135 cm³/mol. The van der Waals surface area contributed by atoms with Crippen molar-refractivity contribution in [2.75, 3.05) is 5.32 Å². The van der Waals surface area contributed by atoms with Gasteiger partial charge in [-0.1, -0.05) is 6.07 Å². The van der Waals surface area contributed by atoms with Gasteiger partial charge in [-0.15, -0.1) is 0 Å². The number of pyridine rings is 2. The van der Waals surface area contributed by atoms with Crippen molar-refractivity contribution in [2.45, 2.75) is 51.7 Å². The highest BCUT2D eigenvalue weighted by molar-refractivity contribution is 5.79. The summed E-state index contributed by atoms with van der Waals surface area (Å²) in [5, 5.41) is 28.6. The molecule has 4 aromatic rings. The van der Waals surface area contributed by atoms with Crippen molar-refractivity contribution >= 4 is 17.5 Å².